The van der Waals surface area contributed by atoms with E-state index < -0.39 is 0 Å². The Balaban J connectivity index is 2.14. The number of nitrogens with two attached hydrogens (primary N) is 1. The molecule has 0 aliphatic heterocycles. The lowest BCUT2D eigenvalue weighted by Gasteiger charge is -2.09. The monoisotopic (exact) mass is 255 g/mol. The Morgan fingerprint density at radius 1 is 1.11 bits per heavy atom. The molecule has 0 saturated heterocycles. The van der Waals surface area contributed by atoms with Crippen LogP contribution in [-0.4, -0.2) is 9.97 Å². The fourth-order valence-electron chi connectivity index (χ4n) is 2.07. The quantitative estimate of drug-likeness (QED) is 0.853. The lowest BCUT2D eigenvalue weighted by molar-refractivity contribution is 0.763. The second-order valence-electron chi connectivity index (χ2n) is 5.20. The van der Waals surface area contributed by atoms with Crippen molar-refractivity contribution in [3.8, 4) is 0 Å². The van der Waals surface area contributed by atoms with Gasteiger partial charge in [-0.2, -0.15) is 0 Å². The van der Waals surface area contributed by atoms with Crippen LogP contribution >= 0.6 is 0 Å². The molecule has 0 amide bonds. The zero-order valence-electron chi connectivity index (χ0n) is 11.9. The summed E-state index contributed by atoms with van der Waals surface area (Å²) in [5.41, 5.74) is 10.1. The van der Waals surface area contributed by atoms with Gasteiger partial charge >= 0.3 is 0 Å². The van der Waals surface area contributed by atoms with Gasteiger partial charge in [-0.1, -0.05) is 32.0 Å². The summed E-state index contributed by atoms with van der Waals surface area (Å²) in [6, 6.07) is 10.0. The van der Waals surface area contributed by atoms with Gasteiger partial charge in [0.15, 0.2) is 0 Å². The number of benzene rings is 1. The number of nitrogen functional groups attached to an aromatic ring is 1. The van der Waals surface area contributed by atoms with Gasteiger partial charge in [-0.25, -0.2) is 9.97 Å². The summed E-state index contributed by atoms with van der Waals surface area (Å²) in [7, 11) is 0. The van der Waals surface area contributed by atoms with Crippen LogP contribution in [0.25, 0.3) is 0 Å². The van der Waals surface area contributed by atoms with Crippen LogP contribution in [0.2, 0.25) is 0 Å². The zero-order valence-corrected chi connectivity index (χ0v) is 11.9. The van der Waals surface area contributed by atoms with Gasteiger partial charge in [0.05, 0.1) is 0 Å². The van der Waals surface area contributed by atoms with Crippen molar-refractivity contribution in [2.24, 2.45) is 0 Å². The fraction of sp³-hybridized carbons (Fsp3) is 0.375. The van der Waals surface area contributed by atoms with Crippen LogP contribution in [0.15, 0.2) is 30.3 Å². The molecule has 1 heterocycles. The van der Waals surface area contributed by atoms with Crippen molar-refractivity contribution in [2.75, 3.05) is 5.73 Å². The molecule has 3 nitrogen and oxygen atoms in total. The van der Waals surface area contributed by atoms with E-state index in [0.717, 1.165) is 35.7 Å². The van der Waals surface area contributed by atoms with Crippen LogP contribution in [0, 0.1) is 6.92 Å². The van der Waals surface area contributed by atoms with Gasteiger partial charge in [-0.05, 0) is 37.0 Å². The van der Waals surface area contributed by atoms with Crippen LogP contribution in [0.1, 0.15) is 42.5 Å². The maximum Gasteiger partial charge on any atom is 0.129 e. The molecular formula is C16H21N3. The molecule has 0 aliphatic carbocycles. The summed E-state index contributed by atoms with van der Waals surface area (Å²) >= 11 is 0. The summed E-state index contributed by atoms with van der Waals surface area (Å²) in [6.45, 7) is 6.33. The number of rotatable bonds is 4. The third kappa shape index (κ3) is 3.53. The number of aromatic nitrogens is 2. The molecule has 0 atom stereocenters. The van der Waals surface area contributed by atoms with Crippen LogP contribution in [0.4, 0.5) is 5.69 Å². The first-order valence-corrected chi connectivity index (χ1v) is 6.74. The topological polar surface area (TPSA) is 51.8 Å². The Morgan fingerprint density at radius 2 is 1.84 bits per heavy atom. The highest BCUT2D eigenvalue weighted by molar-refractivity contribution is 5.46. The molecule has 0 bridgehead atoms. The Morgan fingerprint density at radius 3 is 2.53 bits per heavy atom. The van der Waals surface area contributed by atoms with Gasteiger partial charge in [-0.3, -0.25) is 0 Å². The van der Waals surface area contributed by atoms with Crippen molar-refractivity contribution in [3.63, 3.8) is 0 Å². The third-order valence-electron chi connectivity index (χ3n) is 3.18. The second kappa shape index (κ2) is 5.83. The molecule has 0 unspecified atom stereocenters. The van der Waals surface area contributed by atoms with Gasteiger partial charge < -0.3 is 5.73 Å². The Kier molecular flexibility index (Phi) is 4.15. The maximum atomic E-state index is 5.95. The van der Waals surface area contributed by atoms with E-state index >= 15 is 0 Å². The van der Waals surface area contributed by atoms with E-state index in [1.807, 2.05) is 25.1 Å². The standard InChI is InChI=1S/C16H21N3/c1-11(2)15-10-12(3)18-16(19-15)9-8-13-6-4-5-7-14(13)17/h4-7,10-11H,8-9,17H2,1-3H3. The van der Waals surface area contributed by atoms with Crippen LogP contribution in [0.3, 0.4) is 0 Å². The molecule has 0 spiro atoms. The first-order valence-electron chi connectivity index (χ1n) is 6.74. The minimum Gasteiger partial charge on any atom is -0.399 e. The number of hydrogen-bond acceptors (Lipinski definition) is 3. The number of nitrogens with zero attached hydrogens (tertiary/aromatic N) is 2. The first-order chi connectivity index (χ1) is 9.06. The van der Waals surface area contributed by atoms with E-state index in [0.29, 0.717) is 5.92 Å². The molecule has 0 fully saturated rings. The molecular weight excluding hydrogens is 234 g/mol. The van der Waals surface area contributed by atoms with E-state index in [1.54, 1.807) is 0 Å². The van der Waals surface area contributed by atoms with Crippen LogP contribution < -0.4 is 5.73 Å². The molecule has 0 aliphatic rings. The zero-order chi connectivity index (χ0) is 13.8. The summed E-state index contributed by atoms with van der Waals surface area (Å²) < 4.78 is 0. The number of hydrogen-bond donors (Lipinski definition) is 1. The second-order valence-corrected chi connectivity index (χ2v) is 5.20. The Hall–Kier alpha value is -1.90. The Bertz CT molecular complexity index is 562. The molecule has 0 saturated carbocycles. The highest BCUT2D eigenvalue weighted by Gasteiger charge is 2.07. The summed E-state index contributed by atoms with van der Waals surface area (Å²) in [6.07, 6.45) is 1.71. The molecule has 1 aromatic carbocycles. The SMILES string of the molecule is Cc1cc(C(C)C)nc(CCc2ccccc2N)n1. The summed E-state index contributed by atoms with van der Waals surface area (Å²) in [5, 5.41) is 0. The van der Waals surface area contributed by atoms with Crippen molar-refractivity contribution >= 4 is 5.69 Å². The molecule has 19 heavy (non-hydrogen) atoms. The van der Waals surface area contributed by atoms with Crippen molar-refractivity contribution in [3.05, 3.63) is 53.1 Å². The molecule has 0 radical (unpaired) electrons. The van der Waals surface area contributed by atoms with Crippen LogP contribution in [-0.2, 0) is 12.8 Å². The van der Waals surface area contributed by atoms with Gasteiger partial charge in [0.1, 0.15) is 5.82 Å². The van der Waals surface area contributed by atoms with Crippen LogP contribution in [0.5, 0.6) is 0 Å². The maximum absolute atomic E-state index is 5.95. The molecule has 100 valence electrons. The van der Waals surface area contributed by atoms with E-state index in [4.69, 9.17) is 5.73 Å². The van der Waals surface area contributed by atoms with E-state index in [9.17, 15) is 0 Å². The largest absolute Gasteiger partial charge is 0.399 e. The minimum absolute atomic E-state index is 0.433. The third-order valence-corrected chi connectivity index (χ3v) is 3.18. The van der Waals surface area contributed by atoms with E-state index in [2.05, 4.69) is 35.9 Å². The smallest absolute Gasteiger partial charge is 0.129 e. The fourth-order valence-corrected chi connectivity index (χ4v) is 2.07. The summed E-state index contributed by atoms with van der Waals surface area (Å²) in [5.74, 6) is 1.34. The van der Waals surface area contributed by atoms with Crippen molar-refractivity contribution in [1.29, 1.82) is 0 Å². The highest BCUT2D eigenvalue weighted by Crippen LogP contribution is 2.15. The lowest BCUT2D eigenvalue weighted by Crippen LogP contribution is -2.05. The predicted octanol–water partition coefficient (Wildman–Crippen LogP) is 3.28. The van der Waals surface area contributed by atoms with Crippen molar-refractivity contribution < 1.29 is 0 Å². The minimum atomic E-state index is 0.433. The van der Waals surface area contributed by atoms with Crippen molar-refractivity contribution in [1.82, 2.24) is 9.97 Å². The molecule has 3 heteroatoms. The number of para-hydroxylation sites is 1. The highest BCUT2D eigenvalue weighted by atomic mass is 14.9. The molecule has 2 N–H and O–H groups in total. The van der Waals surface area contributed by atoms with Gasteiger partial charge in [-0.15, -0.1) is 0 Å². The average Bonchev–Trinajstić information content (AvgIpc) is 2.37. The first kappa shape index (κ1) is 13.5. The van der Waals surface area contributed by atoms with E-state index in [1.165, 1.54) is 5.56 Å². The van der Waals surface area contributed by atoms with E-state index in [-0.39, 0.29) is 0 Å². The van der Waals surface area contributed by atoms with Gasteiger partial charge in [0.2, 0.25) is 0 Å². The Labute approximate surface area is 114 Å². The number of aryl methyl sites for hydroxylation is 3. The molecule has 1 aromatic heterocycles. The summed E-state index contributed by atoms with van der Waals surface area (Å²) in [4.78, 5) is 9.13. The predicted molar refractivity (Wildman–Crippen MR) is 79.1 cm³/mol. The normalized spacial score (nSPS) is 10.9. The average molecular weight is 255 g/mol. The molecule has 2 aromatic rings. The molecule has 2 rings (SSSR count). The van der Waals surface area contributed by atoms with Gasteiger partial charge in [0.25, 0.3) is 0 Å². The van der Waals surface area contributed by atoms with Crippen molar-refractivity contribution in [2.45, 2.75) is 39.5 Å². The number of anilines is 1. The lowest BCUT2D eigenvalue weighted by atomic mass is 10.1. The van der Waals surface area contributed by atoms with Gasteiger partial charge in [0, 0.05) is 23.5 Å².